The summed E-state index contributed by atoms with van der Waals surface area (Å²) >= 11 is 1.59. The lowest BCUT2D eigenvalue weighted by atomic mass is 10.2. The van der Waals surface area contributed by atoms with Crippen LogP contribution in [0.1, 0.15) is 5.01 Å². The van der Waals surface area contributed by atoms with Crippen molar-refractivity contribution < 1.29 is 8.78 Å². The van der Waals surface area contributed by atoms with Crippen molar-refractivity contribution in [3.63, 3.8) is 0 Å². The fourth-order valence-electron chi connectivity index (χ4n) is 2.71. The smallest absolute Gasteiger partial charge is 0.194 e. The Labute approximate surface area is 166 Å². The molecule has 1 N–H and O–H groups in total. The molecule has 0 aliphatic carbocycles. The van der Waals surface area contributed by atoms with Crippen molar-refractivity contribution >= 4 is 47.0 Å². The van der Waals surface area contributed by atoms with Gasteiger partial charge in [0.2, 0.25) is 0 Å². The SMILES string of the molecule is CN=C(NCc1nccs1)N1CCN(c2cc(F)ccc2F)CC1.I. The van der Waals surface area contributed by atoms with Gasteiger partial charge in [0.1, 0.15) is 16.6 Å². The van der Waals surface area contributed by atoms with E-state index in [-0.39, 0.29) is 24.0 Å². The van der Waals surface area contributed by atoms with Crippen LogP contribution in [0.15, 0.2) is 34.8 Å². The van der Waals surface area contributed by atoms with Gasteiger partial charge in [0, 0.05) is 50.9 Å². The Morgan fingerprint density at radius 3 is 2.68 bits per heavy atom. The molecule has 1 aliphatic heterocycles. The third-order valence-electron chi connectivity index (χ3n) is 3.92. The van der Waals surface area contributed by atoms with Crippen molar-refractivity contribution in [3.8, 4) is 0 Å². The summed E-state index contributed by atoms with van der Waals surface area (Å²) < 4.78 is 27.2. The number of anilines is 1. The summed E-state index contributed by atoms with van der Waals surface area (Å²) in [6.07, 6.45) is 1.77. The Bertz CT molecular complexity index is 703. The Morgan fingerprint density at radius 2 is 2.04 bits per heavy atom. The van der Waals surface area contributed by atoms with Crippen molar-refractivity contribution in [2.24, 2.45) is 4.99 Å². The molecule has 2 heterocycles. The molecule has 1 aliphatic rings. The summed E-state index contributed by atoms with van der Waals surface area (Å²) in [6, 6.07) is 3.56. The van der Waals surface area contributed by atoms with Crippen LogP contribution >= 0.6 is 35.3 Å². The fraction of sp³-hybridized carbons (Fsp3) is 0.375. The van der Waals surface area contributed by atoms with Crippen LogP contribution in [0.25, 0.3) is 0 Å². The van der Waals surface area contributed by atoms with E-state index < -0.39 is 11.6 Å². The van der Waals surface area contributed by atoms with Crippen LogP contribution in [0.2, 0.25) is 0 Å². The molecule has 0 saturated carbocycles. The van der Waals surface area contributed by atoms with Gasteiger partial charge in [-0.25, -0.2) is 13.8 Å². The molecule has 5 nitrogen and oxygen atoms in total. The van der Waals surface area contributed by atoms with Gasteiger partial charge in [-0.3, -0.25) is 4.99 Å². The molecule has 1 aromatic heterocycles. The summed E-state index contributed by atoms with van der Waals surface area (Å²) in [4.78, 5) is 12.5. The minimum atomic E-state index is -0.422. The van der Waals surface area contributed by atoms with Gasteiger partial charge in [0.25, 0.3) is 0 Å². The summed E-state index contributed by atoms with van der Waals surface area (Å²) in [5, 5.41) is 6.22. The fourth-order valence-corrected chi connectivity index (χ4v) is 3.27. The molecule has 0 spiro atoms. The van der Waals surface area contributed by atoms with Crippen LogP contribution in [0.4, 0.5) is 14.5 Å². The molecule has 136 valence electrons. The molecule has 1 saturated heterocycles. The number of aromatic nitrogens is 1. The molecule has 25 heavy (non-hydrogen) atoms. The van der Waals surface area contributed by atoms with Gasteiger partial charge in [0.05, 0.1) is 12.2 Å². The van der Waals surface area contributed by atoms with Gasteiger partial charge in [-0.15, -0.1) is 35.3 Å². The summed E-state index contributed by atoms with van der Waals surface area (Å²) in [5.41, 5.74) is 0.320. The number of halogens is 3. The Balaban J connectivity index is 0.00000225. The number of guanidine groups is 1. The molecule has 0 atom stereocenters. The molecular formula is C16H20F2IN5S. The van der Waals surface area contributed by atoms with Gasteiger partial charge in [-0.05, 0) is 12.1 Å². The molecule has 1 aromatic carbocycles. The zero-order chi connectivity index (χ0) is 16.9. The predicted octanol–water partition coefficient (Wildman–Crippen LogP) is 2.94. The van der Waals surface area contributed by atoms with Gasteiger partial charge in [0.15, 0.2) is 5.96 Å². The van der Waals surface area contributed by atoms with E-state index in [4.69, 9.17) is 0 Å². The number of nitrogens with one attached hydrogen (secondary N) is 1. The number of thiazole rings is 1. The van der Waals surface area contributed by atoms with Crippen LogP contribution in [0.5, 0.6) is 0 Å². The molecule has 0 bridgehead atoms. The number of rotatable bonds is 3. The van der Waals surface area contributed by atoms with Crippen molar-refractivity contribution in [3.05, 3.63) is 46.4 Å². The van der Waals surface area contributed by atoms with E-state index in [2.05, 4.69) is 20.2 Å². The summed E-state index contributed by atoms with van der Waals surface area (Å²) in [6.45, 7) is 3.22. The van der Waals surface area contributed by atoms with Crippen molar-refractivity contribution in [1.82, 2.24) is 15.2 Å². The second kappa shape index (κ2) is 9.27. The predicted molar refractivity (Wildman–Crippen MR) is 108 cm³/mol. The zero-order valence-electron chi connectivity index (χ0n) is 13.8. The van der Waals surface area contributed by atoms with Gasteiger partial charge in [-0.1, -0.05) is 0 Å². The second-order valence-corrected chi connectivity index (χ2v) is 6.38. The van der Waals surface area contributed by atoms with Crippen LogP contribution in [-0.4, -0.2) is 49.1 Å². The lowest BCUT2D eigenvalue weighted by Gasteiger charge is -2.37. The van der Waals surface area contributed by atoms with E-state index in [9.17, 15) is 8.78 Å². The number of hydrogen-bond acceptors (Lipinski definition) is 4. The highest BCUT2D eigenvalue weighted by Gasteiger charge is 2.22. The molecule has 0 unspecified atom stereocenters. The Kier molecular flexibility index (Phi) is 7.36. The minimum absolute atomic E-state index is 0. The van der Waals surface area contributed by atoms with E-state index in [1.807, 2.05) is 10.3 Å². The number of benzene rings is 1. The van der Waals surface area contributed by atoms with E-state index in [1.54, 1.807) is 24.6 Å². The van der Waals surface area contributed by atoms with Gasteiger partial charge >= 0.3 is 0 Å². The standard InChI is InChI=1S/C16H19F2N5S.HI/c1-19-16(21-11-15-20-4-9-24-15)23-7-5-22(6-8-23)14-10-12(17)2-3-13(14)18;/h2-4,9-10H,5-8,11H2,1H3,(H,19,21);1H. The first-order chi connectivity index (χ1) is 11.7. The lowest BCUT2D eigenvalue weighted by Crippen LogP contribution is -2.52. The normalized spacial score (nSPS) is 15.1. The molecule has 0 amide bonds. The number of hydrogen-bond donors (Lipinski definition) is 1. The highest BCUT2D eigenvalue weighted by atomic mass is 127. The van der Waals surface area contributed by atoms with Crippen LogP contribution in [-0.2, 0) is 6.54 Å². The molecule has 0 radical (unpaired) electrons. The van der Waals surface area contributed by atoms with E-state index in [0.29, 0.717) is 38.4 Å². The maximum atomic E-state index is 13.9. The van der Waals surface area contributed by atoms with E-state index in [1.165, 1.54) is 12.1 Å². The highest BCUT2D eigenvalue weighted by molar-refractivity contribution is 14.0. The second-order valence-electron chi connectivity index (χ2n) is 5.40. The summed E-state index contributed by atoms with van der Waals surface area (Å²) in [7, 11) is 1.74. The quantitative estimate of drug-likeness (QED) is 0.418. The van der Waals surface area contributed by atoms with Crippen molar-refractivity contribution in [2.75, 3.05) is 38.1 Å². The van der Waals surface area contributed by atoms with Crippen molar-refractivity contribution in [2.45, 2.75) is 6.54 Å². The highest BCUT2D eigenvalue weighted by Crippen LogP contribution is 2.21. The topological polar surface area (TPSA) is 43.8 Å². The molecule has 3 rings (SSSR count). The third-order valence-corrected chi connectivity index (χ3v) is 4.70. The van der Waals surface area contributed by atoms with Crippen LogP contribution < -0.4 is 10.2 Å². The molecule has 1 fully saturated rings. The first-order valence-electron chi connectivity index (χ1n) is 7.71. The molecule has 9 heteroatoms. The Morgan fingerprint density at radius 1 is 1.28 bits per heavy atom. The average Bonchev–Trinajstić information content (AvgIpc) is 3.12. The third kappa shape index (κ3) is 5.00. The lowest BCUT2D eigenvalue weighted by molar-refractivity contribution is 0.370. The molecule has 2 aromatic rings. The number of nitrogens with zero attached hydrogens (tertiary/aromatic N) is 4. The minimum Gasteiger partial charge on any atom is -0.366 e. The van der Waals surface area contributed by atoms with Gasteiger partial charge in [-0.2, -0.15) is 0 Å². The Hall–Kier alpha value is -1.49. The van der Waals surface area contributed by atoms with E-state index >= 15 is 0 Å². The first kappa shape index (κ1) is 19.8. The van der Waals surface area contributed by atoms with Gasteiger partial charge < -0.3 is 15.1 Å². The summed E-state index contributed by atoms with van der Waals surface area (Å²) in [5.74, 6) is -0.0181. The maximum absolute atomic E-state index is 13.9. The first-order valence-corrected chi connectivity index (χ1v) is 8.59. The maximum Gasteiger partial charge on any atom is 0.194 e. The number of aliphatic imine (C=N–C) groups is 1. The largest absolute Gasteiger partial charge is 0.366 e. The average molecular weight is 479 g/mol. The van der Waals surface area contributed by atoms with E-state index in [0.717, 1.165) is 17.0 Å². The van der Waals surface area contributed by atoms with Crippen molar-refractivity contribution in [1.29, 1.82) is 0 Å². The molecular weight excluding hydrogens is 459 g/mol. The number of piperazine rings is 1. The van der Waals surface area contributed by atoms with Crippen LogP contribution in [0.3, 0.4) is 0 Å². The monoisotopic (exact) mass is 479 g/mol. The van der Waals surface area contributed by atoms with Crippen LogP contribution in [0, 0.1) is 11.6 Å². The zero-order valence-corrected chi connectivity index (χ0v) is 16.9.